The number of thioether (sulfide) groups is 1. The Balaban J connectivity index is 1.32. The van der Waals surface area contributed by atoms with Crippen molar-refractivity contribution in [3.05, 3.63) is 48.5 Å². The summed E-state index contributed by atoms with van der Waals surface area (Å²) < 4.78 is 11.7. The van der Waals surface area contributed by atoms with Crippen LogP contribution in [0.25, 0.3) is 21.3 Å². The molecule has 0 spiro atoms. The van der Waals surface area contributed by atoms with Gasteiger partial charge in [-0.15, -0.1) is 0 Å². The summed E-state index contributed by atoms with van der Waals surface area (Å²) in [7, 11) is 0. The Morgan fingerprint density at radius 2 is 1.86 bits per heavy atom. The Morgan fingerprint density at radius 1 is 1.10 bits per heavy atom. The second kappa shape index (κ2) is 8.62. The van der Waals surface area contributed by atoms with Crippen LogP contribution in [0.5, 0.6) is 0 Å². The first-order chi connectivity index (χ1) is 14.1. The van der Waals surface area contributed by atoms with E-state index in [1.54, 1.807) is 0 Å². The highest BCUT2D eigenvalue weighted by Gasteiger charge is 2.20. The van der Waals surface area contributed by atoms with Crippen LogP contribution in [0.15, 0.2) is 58.2 Å². The molecule has 1 amide bonds. The molecule has 2 aromatic heterocycles. The molecule has 4 aromatic rings. The first kappa shape index (κ1) is 19.4. The molecule has 0 bridgehead atoms. The molecule has 148 valence electrons. The number of hydrogen-bond acceptors (Lipinski definition) is 8. The SMILES string of the molecule is CCN(C(=O)COC(=O)CSc1nc2ccccc2o1)c1nc2ccccc2s1. The normalized spacial score (nSPS) is 11.1. The number of likely N-dealkylation sites (N-methyl/N-ethyl adjacent to an activating group) is 1. The third kappa shape index (κ3) is 4.41. The summed E-state index contributed by atoms with van der Waals surface area (Å²) in [6.45, 7) is 1.96. The van der Waals surface area contributed by atoms with Gasteiger partial charge in [0.15, 0.2) is 17.3 Å². The molecule has 0 unspecified atom stereocenters. The first-order valence-electron chi connectivity index (χ1n) is 8.94. The van der Waals surface area contributed by atoms with Crippen LogP contribution in [0.2, 0.25) is 0 Å². The highest BCUT2D eigenvalue weighted by Crippen LogP contribution is 2.28. The number of carbonyl (C=O) groups is 2. The van der Waals surface area contributed by atoms with Crippen molar-refractivity contribution in [1.82, 2.24) is 9.97 Å². The zero-order valence-electron chi connectivity index (χ0n) is 15.5. The maximum Gasteiger partial charge on any atom is 0.316 e. The van der Waals surface area contributed by atoms with Crippen molar-refractivity contribution in [2.45, 2.75) is 12.1 Å². The third-order valence-corrected chi connectivity index (χ3v) is 5.94. The van der Waals surface area contributed by atoms with Crippen molar-refractivity contribution in [1.29, 1.82) is 0 Å². The van der Waals surface area contributed by atoms with Gasteiger partial charge < -0.3 is 9.15 Å². The Bertz CT molecular complexity index is 1100. The summed E-state index contributed by atoms with van der Waals surface area (Å²) in [6.07, 6.45) is 0. The van der Waals surface area contributed by atoms with Gasteiger partial charge >= 0.3 is 5.97 Å². The van der Waals surface area contributed by atoms with Gasteiger partial charge in [0, 0.05) is 6.54 Å². The van der Waals surface area contributed by atoms with E-state index in [1.165, 1.54) is 16.2 Å². The standard InChI is InChI=1S/C20H17N3O4S2/c1-2-23(19-21-14-8-4-6-10-16(14)29-19)17(24)11-26-18(25)12-28-20-22-13-7-3-5-9-15(13)27-20/h3-10H,2,11-12H2,1H3. The fourth-order valence-corrected chi connectivity index (χ4v) is 4.37. The van der Waals surface area contributed by atoms with Crippen molar-refractivity contribution in [2.75, 3.05) is 23.8 Å². The van der Waals surface area contributed by atoms with Crippen LogP contribution in [-0.4, -0.2) is 40.7 Å². The number of rotatable bonds is 7. The van der Waals surface area contributed by atoms with Crippen molar-refractivity contribution in [3.63, 3.8) is 0 Å². The van der Waals surface area contributed by atoms with Gasteiger partial charge in [-0.05, 0) is 31.2 Å². The van der Waals surface area contributed by atoms with Gasteiger partial charge in [-0.3, -0.25) is 14.5 Å². The van der Waals surface area contributed by atoms with Crippen LogP contribution in [0.4, 0.5) is 5.13 Å². The number of fused-ring (bicyclic) bond motifs is 2. The molecule has 4 rings (SSSR count). The number of nitrogens with zero attached hydrogens (tertiary/aromatic N) is 3. The summed E-state index contributed by atoms with van der Waals surface area (Å²) in [5.41, 5.74) is 2.23. The summed E-state index contributed by atoms with van der Waals surface area (Å²) >= 11 is 2.56. The molecule has 7 nitrogen and oxygen atoms in total. The lowest BCUT2D eigenvalue weighted by molar-refractivity contribution is -0.145. The lowest BCUT2D eigenvalue weighted by Crippen LogP contribution is -2.34. The molecule has 0 N–H and O–H groups in total. The lowest BCUT2D eigenvalue weighted by atomic mass is 10.3. The van der Waals surface area contributed by atoms with E-state index in [9.17, 15) is 9.59 Å². The average Bonchev–Trinajstić information content (AvgIpc) is 3.34. The van der Waals surface area contributed by atoms with Gasteiger partial charge in [-0.25, -0.2) is 9.97 Å². The number of para-hydroxylation sites is 3. The van der Waals surface area contributed by atoms with Crippen molar-refractivity contribution < 1.29 is 18.7 Å². The molecule has 0 saturated heterocycles. The molecule has 0 fully saturated rings. The smallest absolute Gasteiger partial charge is 0.316 e. The highest BCUT2D eigenvalue weighted by molar-refractivity contribution is 7.99. The van der Waals surface area contributed by atoms with E-state index in [0.717, 1.165) is 27.5 Å². The number of carbonyl (C=O) groups excluding carboxylic acids is 2. The zero-order valence-corrected chi connectivity index (χ0v) is 17.2. The van der Waals surface area contributed by atoms with E-state index in [-0.39, 0.29) is 18.3 Å². The zero-order chi connectivity index (χ0) is 20.2. The van der Waals surface area contributed by atoms with Crippen LogP contribution >= 0.6 is 23.1 Å². The minimum Gasteiger partial charge on any atom is -0.455 e. The number of amides is 1. The quantitative estimate of drug-likeness (QED) is 0.324. The van der Waals surface area contributed by atoms with Gasteiger partial charge in [0.2, 0.25) is 0 Å². The Hall–Kier alpha value is -2.91. The second-order valence-corrected chi connectivity index (χ2v) is 7.93. The van der Waals surface area contributed by atoms with Crippen LogP contribution < -0.4 is 4.90 Å². The average molecular weight is 428 g/mol. The molecule has 0 aliphatic rings. The largest absolute Gasteiger partial charge is 0.455 e. The number of oxazole rings is 1. The van der Waals surface area contributed by atoms with E-state index >= 15 is 0 Å². The number of aromatic nitrogens is 2. The molecule has 0 saturated carbocycles. The fourth-order valence-electron chi connectivity index (χ4n) is 2.69. The molecular formula is C20H17N3O4S2. The number of ether oxygens (including phenoxy) is 1. The molecule has 9 heteroatoms. The predicted octanol–water partition coefficient (Wildman–Crippen LogP) is 4.13. The molecule has 0 atom stereocenters. The number of anilines is 1. The number of esters is 1. The summed E-state index contributed by atoms with van der Waals surface area (Å²) in [6, 6.07) is 15.1. The topological polar surface area (TPSA) is 85.5 Å². The van der Waals surface area contributed by atoms with E-state index in [0.29, 0.717) is 22.5 Å². The molecule has 2 heterocycles. The first-order valence-corrected chi connectivity index (χ1v) is 10.7. The highest BCUT2D eigenvalue weighted by atomic mass is 32.2. The fraction of sp³-hybridized carbons (Fsp3) is 0.200. The van der Waals surface area contributed by atoms with Gasteiger partial charge in [-0.2, -0.15) is 0 Å². The van der Waals surface area contributed by atoms with Crippen LogP contribution in [0.3, 0.4) is 0 Å². The summed E-state index contributed by atoms with van der Waals surface area (Å²) in [5, 5.41) is 0.981. The van der Waals surface area contributed by atoms with Crippen molar-refractivity contribution >= 4 is 61.4 Å². The lowest BCUT2D eigenvalue weighted by Gasteiger charge is -2.17. The van der Waals surface area contributed by atoms with E-state index in [4.69, 9.17) is 9.15 Å². The van der Waals surface area contributed by atoms with Gasteiger partial charge in [-0.1, -0.05) is 47.4 Å². The van der Waals surface area contributed by atoms with Crippen LogP contribution in [-0.2, 0) is 14.3 Å². The minimum atomic E-state index is -0.508. The van der Waals surface area contributed by atoms with Crippen molar-refractivity contribution in [2.24, 2.45) is 0 Å². The number of benzene rings is 2. The van der Waals surface area contributed by atoms with Gasteiger partial charge in [0.25, 0.3) is 11.1 Å². The maximum absolute atomic E-state index is 12.5. The van der Waals surface area contributed by atoms with Crippen molar-refractivity contribution in [3.8, 4) is 0 Å². The molecule has 29 heavy (non-hydrogen) atoms. The maximum atomic E-state index is 12.5. The van der Waals surface area contributed by atoms with Crippen LogP contribution in [0, 0.1) is 0 Å². The molecule has 2 aromatic carbocycles. The Labute approximate surface area is 174 Å². The van der Waals surface area contributed by atoms with Gasteiger partial charge in [0.1, 0.15) is 11.3 Å². The molecule has 0 radical (unpaired) electrons. The Morgan fingerprint density at radius 3 is 2.62 bits per heavy atom. The molecule has 0 aliphatic carbocycles. The summed E-state index contributed by atoms with van der Waals surface area (Å²) in [4.78, 5) is 34.8. The van der Waals surface area contributed by atoms with E-state index in [1.807, 2.05) is 55.5 Å². The third-order valence-electron chi connectivity index (χ3n) is 4.08. The van der Waals surface area contributed by atoms with E-state index in [2.05, 4.69) is 9.97 Å². The monoisotopic (exact) mass is 427 g/mol. The Kier molecular flexibility index (Phi) is 5.77. The minimum absolute atomic E-state index is 0.00731. The predicted molar refractivity (Wildman–Crippen MR) is 113 cm³/mol. The second-order valence-electron chi connectivity index (χ2n) is 6.00. The number of hydrogen-bond donors (Lipinski definition) is 0. The molecule has 0 aliphatic heterocycles. The van der Waals surface area contributed by atoms with E-state index < -0.39 is 5.97 Å². The van der Waals surface area contributed by atoms with Crippen LogP contribution in [0.1, 0.15) is 6.92 Å². The summed E-state index contributed by atoms with van der Waals surface area (Å²) in [5.74, 6) is -0.814. The van der Waals surface area contributed by atoms with Gasteiger partial charge in [0.05, 0.1) is 10.2 Å². The molecular weight excluding hydrogens is 410 g/mol. The number of thiazole rings is 1.